The van der Waals surface area contributed by atoms with Crippen molar-refractivity contribution in [2.75, 3.05) is 32.4 Å². The second kappa shape index (κ2) is 8.62. The number of benzene rings is 1. The Morgan fingerprint density at radius 3 is 2.66 bits per heavy atom. The Balaban J connectivity index is 2.10. The molecule has 1 aromatic rings. The van der Waals surface area contributed by atoms with E-state index >= 15 is 0 Å². The molecule has 1 unspecified atom stereocenters. The number of nitro groups is 1. The van der Waals surface area contributed by atoms with E-state index in [2.05, 4.69) is 0 Å². The lowest BCUT2D eigenvalue weighted by atomic mass is 9.96. The van der Waals surface area contributed by atoms with E-state index in [9.17, 15) is 24.1 Å². The highest BCUT2D eigenvalue weighted by molar-refractivity contribution is 6.01. The Morgan fingerprint density at radius 1 is 1.41 bits per heavy atom. The molecule has 0 saturated carbocycles. The van der Waals surface area contributed by atoms with Gasteiger partial charge < -0.3 is 20.3 Å². The number of nitro benzene ring substituents is 1. The second-order valence-electron chi connectivity index (χ2n) is 8.26. The summed E-state index contributed by atoms with van der Waals surface area (Å²) in [6, 6.07) is 1.61. The summed E-state index contributed by atoms with van der Waals surface area (Å²) in [6.07, 6.45) is 1.04. The van der Waals surface area contributed by atoms with Gasteiger partial charge in [0.2, 0.25) is 0 Å². The Kier molecular flexibility index (Phi) is 6.66. The average molecular weight is 410 g/mol. The first-order valence-corrected chi connectivity index (χ1v) is 9.36. The standard InChI is InChI=1S/C19H27FN4O5/c1-19(2,3)29-18(26)22(4)10-12-6-5-7-23(11-12)17(25)14-8-13(20)9-15(16(14)21)24(27)28/h8-9,12H,5-7,10-11,21H2,1-4H3. The molecule has 0 aliphatic carbocycles. The topological polar surface area (TPSA) is 119 Å². The van der Waals surface area contributed by atoms with Gasteiger partial charge in [0.15, 0.2) is 0 Å². The first-order valence-electron chi connectivity index (χ1n) is 9.36. The Bertz CT molecular complexity index is 809. The van der Waals surface area contributed by atoms with Crippen LogP contribution in [-0.4, -0.2) is 59.0 Å². The van der Waals surface area contributed by atoms with Crippen LogP contribution in [0.15, 0.2) is 12.1 Å². The van der Waals surface area contributed by atoms with Gasteiger partial charge in [0.1, 0.15) is 17.1 Å². The molecule has 1 saturated heterocycles. The van der Waals surface area contributed by atoms with Crippen LogP contribution < -0.4 is 5.73 Å². The third kappa shape index (κ3) is 5.78. The summed E-state index contributed by atoms with van der Waals surface area (Å²) in [5.41, 5.74) is 3.93. The largest absolute Gasteiger partial charge is 0.444 e. The van der Waals surface area contributed by atoms with Crippen LogP contribution in [0.3, 0.4) is 0 Å². The lowest BCUT2D eigenvalue weighted by Crippen LogP contribution is -2.45. The zero-order valence-corrected chi connectivity index (χ0v) is 17.1. The maximum absolute atomic E-state index is 13.8. The fourth-order valence-electron chi connectivity index (χ4n) is 3.30. The molecule has 2 N–H and O–H groups in total. The summed E-state index contributed by atoms with van der Waals surface area (Å²) in [6.45, 7) is 6.48. The quantitative estimate of drug-likeness (QED) is 0.463. The van der Waals surface area contributed by atoms with Crippen LogP contribution in [0, 0.1) is 21.8 Å². The molecule has 2 rings (SSSR count). The number of hydrogen-bond donors (Lipinski definition) is 1. The molecule has 10 heteroatoms. The summed E-state index contributed by atoms with van der Waals surface area (Å²) in [5.74, 6) is -1.46. The zero-order chi connectivity index (χ0) is 21.9. The number of hydrogen-bond acceptors (Lipinski definition) is 6. The molecule has 2 amide bonds. The van der Waals surface area contributed by atoms with Gasteiger partial charge in [-0.2, -0.15) is 0 Å². The monoisotopic (exact) mass is 410 g/mol. The van der Waals surface area contributed by atoms with E-state index in [0.29, 0.717) is 32.1 Å². The highest BCUT2D eigenvalue weighted by atomic mass is 19.1. The number of carbonyl (C=O) groups is 2. The van der Waals surface area contributed by atoms with Crippen molar-refractivity contribution in [2.45, 2.75) is 39.2 Å². The van der Waals surface area contributed by atoms with Crippen molar-refractivity contribution >= 4 is 23.4 Å². The molecule has 0 radical (unpaired) electrons. The maximum Gasteiger partial charge on any atom is 0.410 e. The van der Waals surface area contributed by atoms with Crippen molar-refractivity contribution in [3.05, 3.63) is 33.6 Å². The van der Waals surface area contributed by atoms with Gasteiger partial charge in [-0.05, 0) is 45.6 Å². The van der Waals surface area contributed by atoms with Crippen molar-refractivity contribution < 1.29 is 23.6 Å². The van der Waals surface area contributed by atoms with Crippen LogP contribution in [0.4, 0.5) is 20.6 Å². The lowest BCUT2D eigenvalue weighted by molar-refractivity contribution is -0.384. The first-order chi connectivity index (χ1) is 13.4. The van der Waals surface area contributed by atoms with Gasteiger partial charge in [-0.25, -0.2) is 9.18 Å². The van der Waals surface area contributed by atoms with Crippen molar-refractivity contribution in [1.29, 1.82) is 0 Å². The van der Waals surface area contributed by atoms with Gasteiger partial charge in [-0.1, -0.05) is 0 Å². The molecule has 29 heavy (non-hydrogen) atoms. The number of ether oxygens (including phenoxy) is 1. The van der Waals surface area contributed by atoms with Crippen LogP contribution in [0.1, 0.15) is 44.0 Å². The highest BCUT2D eigenvalue weighted by Crippen LogP contribution is 2.29. The van der Waals surface area contributed by atoms with Crippen molar-refractivity contribution in [1.82, 2.24) is 9.80 Å². The Morgan fingerprint density at radius 2 is 2.07 bits per heavy atom. The number of likely N-dealkylation sites (tertiary alicyclic amines) is 1. The first kappa shape index (κ1) is 22.4. The number of rotatable bonds is 4. The number of carbonyl (C=O) groups excluding carboxylic acids is 2. The SMILES string of the molecule is CN(CC1CCCN(C(=O)c2cc(F)cc([N+](=O)[O-])c2N)C1)C(=O)OC(C)(C)C. The molecule has 0 spiro atoms. The molecule has 0 bridgehead atoms. The van der Waals surface area contributed by atoms with E-state index in [1.54, 1.807) is 27.8 Å². The van der Waals surface area contributed by atoms with E-state index in [1.807, 2.05) is 0 Å². The average Bonchev–Trinajstić information content (AvgIpc) is 2.61. The fourth-order valence-corrected chi connectivity index (χ4v) is 3.30. The fraction of sp³-hybridized carbons (Fsp3) is 0.579. The van der Waals surface area contributed by atoms with Crippen LogP contribution >= 0.6 is 0 Å². The third-order valence-electron chi connectivity index (χ3n) is 4.59. The van der Waals surface area contributed by atoms with Crippen LogP contribution in [-0.2, 0) is 4.74 Å². The van der Waals surface area contributed by atoms with E-state index in [0.717, 1.165) is 12.5 Å². The minimum Gasteiger partial charge on any atom is -0.444 e. The molecule has 160 valence electrons. The molecule has 1 aliphatic heterocycles. The molecular weight excluding hydrogens is 383 g/mol. The number of amides is 2. The van der Waals surface area contributed by atoms with E-state index in [4.69, 9.17) is 10.5 Å². The van der Waals surface area contributed by atoms with Gasteiger partial charge in [0.25, 0.3) is 11.6 Å². The molecule has 1 fully saturated rings. The van der Waals surface area contributed by atoms with Crippen LogP contribution in [0.2, 0.25) is 0 Å². The minimum absolute atomic E-state index is 0.00464. The molecule has 0 aromatic heterocycles. The van der Waals surface area contributed by atoms with Crippen molar-refractivity contribution in [3.8, 4) is 0 Å². The van der Waals surface area contributed by atoms with Gasteiger partial charge in [-0.3, -0.25) is 14.9 Å². The number of nitrogens with two attached hydrogens (primary N) is 1. The summed E-state index contributed by atoms with van der Waals surface area (Å²) in [4.78, 5) is 38.2. The summed E-state index contributed by atoms with van der Waals surface area (Å²) >= 11 is 0. The Hall–Kier alpha value is -2.91. The minimum atomic E-state index is -0.896. The van der Waals surface area contributed by atoms with Crippen LogP contribution in [0.5, 0.6) is 0 Å². The smallest absolute Gasteiger partial charge is 0.410 e. The lowest BCUT2D eigenvalue weighted by Gasteiger charge is -2.35. The molecule has 1 heterocycles. The number of nitrogens with zero attached hydrogens (tertiary/aromatic N) is 3. The molecule has 1 aliphatic rings. The van der Waals surface area contributed by atoms with Gasteiger partial charge >= 0.3 is 6.09 Å². The van der Waals surface area contributed by atoms with E-state index < -0.39 is 34.0 Å². The molecular formula is C19H27FN4O5. The normalized spacial score (nSPS) is 17.0. The van der Waals surface area contributed by atoms with Gasteiger partial charge in [0, 0.05) is 26.7 Å². The zero-order valence-electron chi connectivity index (χ0n) is 17.1. The third-order valence-corrected chi connectivity index (χ3v) is 4.59. The predicted octanol–water partition coefficient (Wildman–Crippen LogP) is 3.04. The Labute approximate surface area is 168 Å². The van der Waals surface area contributed by atoms with Gasteiger partial charge in [-0.15, -0.1) is 0 Å². The number of halogens is 1. The number of anilines is 1. The van der Waals surface area contributed by atoms with E-state index in [1.165, 1.54) is 9.80 Å². The van der Waals surface area contributed by atoms with Crippen LogP contribution in [0.25, 0.3) is 0 Å². The summed E-state index contributed by atoms with van der Waals surface area (Å²) < 4.78 is 19.1. The number of piperidine rings is 1. The number of nitrogen functional groups attached to an aromatic ring is 1. The highest BCUT2D eigenvalue weighted by Gasteiger charge is 2.30. The van der Waals surface area contributed by atoms with Crippen molar-refractivity contribution in [3.63, 3.8) is 0 Å². The summed E-state index contributed by atoms with van der Waals surface area (Å²) in [7, 11) is 1.63. The van der Waals surface area contributed by atoms with Crippen molar-refractivity contribution in [2.24, 2.45) is 5.92 Å². The maximum atomic E-state index is 13.8. The summed E-state index contributed by atoms with van der Waals surface area (Å²) in [5, 5.41) is 11.0. The van der Waals surface area contributed by atoms with Gasteiger partial charge in [0.05, 0.1) is 16.6 Å². The predicted molar refractivity (Wildman–Crippen MR) is 105 cm³/mol. The molecule has 1 aromatic carbocycles. The molecule has 9 nitrogen and oxygen atoms in total. The second-order valence-corrected chi connectivity index (χ2v) is 8.26. The van der Waals surface area contributed by atoms with E-state index in [-0.39, 0.29) is 17.2 Å². The molecule has 1 atom stereocenters.